The average Bonchev–Trinajstić information content (AvgIpc) is 2.32. The molecule has 2 aromatic rings. The molecule has 0 aliphatic rings. The quantitative estimate of drug-likeness (QED) is 0.673. The summed E-state index contributed by atoms with van der Waals surface area (Å²) in [4.78, 5) is 8.13. The van der Waals surface area contributed by atoms with Crippen molar-refractivity contribution in [1.29, 1.82) is 0 Å². The molecule has 94 valence electrons. The van der Waals surface area contributed by atoms with Crippen LogP contribution in [0.4, 0.5) is 10.2 Å². The second kappa shape index (κ2) is 5.28. The maximum atomic E-state index is 12.9. The number of hydrogen-bond acceptors (Lipinski definition) is 5. The topological polar surface area (TPSA) is 73.1 Å². The Morgan fingerprint density at radius 2 is 2.11 bits per heavy atom. The Morgan fingerprint density at radius 1 is 1.33 bits per heavy atom. The molecule has 1 aromatic carbocycles. The molecule has 0 aliphatic heterocycles. The van der Waals surface area contributed by atoms with E-state index < -0.39 is 0 Å². The smallest absolute Gasteiger partial charge is 0.224 e. The van der Waals surface area contributed by atoms with Gasteiger partial charge in [-0.15, -0.1) is 0 Å². The first-order valence-corrected chi connectivity index (χ1v) is 5.83. The summed E-state index contributed by atoms with van der Waals surface area (Å²) in [5.74, 6) is 6.66. The number of halogens is 2. The van der Waals surface area contributed by atoms with E-state index in [4.69, 9.17) is 10.6 Å². The van der Waals surface area contributed by atoms with Gasteiger partial charge < -0.3 is 10.2 Å². The first kappa shape index (κ1) is 12.7. The lowest BCUT2D eigenvalue weighted by Gasteiger charge is -2.08. The van der Waals surface area contributed by atoms with Gasteiger partial charge in [0.25, 0.3) is 0 Å². The average molecular weight is 313 g/mol. The number of ether oxygens (including phenoxy) is 1. The van der Waals surface area contributed by atoms with Crippen molar-refractivity contribution in [3.05, 3.63) is 40.4 Å². The fraction of sp³-hybridized carbons (Fsp3) is 0.0909. The Hall–Kier alpha value is -1.73. The second-order valence-corrected chi connectivity index (χ2v) is 4.31. The summed E-state index contributed by atoms with van der Waals surface area (Å²) in [6.07, 6.45) is 0. The van der Waals surface area contributed by atoms with Gasteiger partial charge in [-0.1, -0.05) is 0 Å². The monoisotopic (exact) mass is 312 g/mol. The Kier molecular flexibility index (Phi) is 3.73. The van der Waals surface area contributed by atoms with E-state index in [0.717, 1.165) is 0 Å². The van der Waals surface area contributed by atoms with Crippen molar-refractivity contribution in [1.82, 2.24) is 9.97 Å². The Bertz CT molecular complexity index is 579. The Morgan fingerprint density at radius 3 is 2.78 bits per heavy atom. The largest absolute Gasteiger partial charge is 0.438 e. The number of aryl methyl sites for hydroxylation is 1. The predicted molar refractivity (Wildman–Crippen MR) is 68.8 cm³/mol. The molecule has 1 aromatic heterocycles. The summed E-state index contributed by atoms with van der Waals surface area (Å²) in [6, 6.07) is 5.66. The lowest BCUT2D eigenvalue weighted by Crippen LogP contribution is -2.09. The summed E-state index contributed by atoms with van der Waals surface area (Å²) >= 11 is 3.21. The summed E-state index contributed by atoms with van der Waals surface area (Å²) in [5, 5.41) is 0. The van der Waals surface area contributed by atoms with Crippen LogP contribution in [0.1, 0.15) is 5.82 Å². The van der Waals surface area contributed by atoms with Crippen LogP contribution in [0.5, 0.6) is 11.6 Å². The molecule has 0 unspecified atom stereocenters. The van der Waals surface area contributed by atoms with E-state index in [-0.39, 0.29) is 5.82 Å². The number of benzene rings is 1. The summed E-state index contributed by atoms with van der Waals surface area (Å²) < 4.78 is 19.0. The van der Waals surface area contributed by atoms with Gasteiger partial charge in [0.2, 0.25) is 5.88 Å². The number of rotatable bonds is 3. The van der Waals surface area contributed by atoms with Crippen LogP contribution in [0.25, 0.3) is 0 Å². The third-order valence-corrected chi connectivity index (χ3v) is 2.69. The maximum Gasteiger partial charge on any atom is 0.224 e. The molecule has 0 radical (unpaired) electrons. The van der Waals surface area contributed by atoms with Crippen LogP contribution < -0.4 is 16.0 Å². The van der Waals surface area contributed by atoms with E-state index in [0.29, 0.717) is 27.7 Å². The molecule has 0 bridgehead atoms. The molecule has 0 aliphatic carbocycles. The van der Waals surface area contributed by atoms with Crippen molar-refractivity contribution < 1.29 is 9.13 Å². The van der Waals surface area contributed by atoms with Gasteiger partial charge in [0, 0.05) is 6.07 Å². The molecule has 0 fully saturated rings. The van der Waals surface area contributed by atoms with Crippen LogP contribution in [-0.4, -0.2) is 9.97 Å². The van der Waals surface area contributed by atoms with Crippen molar-refractivity contribution >= 4 is 21.7 Å². The van der Waals surface area contributed by atoms with Crippen LogP contribution in [0.3, 0.4) is 0 Å². The van der Waals surface area contributed by atoms with E-state index in [9.17, 15) is 4.39 Å². The van der Waals surface area contributed by atoms with Gasteiger partial charge in [-0.2, -0.15) is 4.98 Å². The van der Waals surface area contributed by atoms with Gasteiger partial charge in [0.1, 0.15) is 23.2 Å². The molecule has 5 nitrogen and oxygen atoms in total. The number of aromatic nitrogens is 2. The predicted octanol–water partition coefficient (Wildman–Crippen LogP) is 2.76. The van der Waals surface area contributed by atoms with Gasteiger partial charge >= 0.3 is 0 Å². The van der Waals surface area contributed by atoms with Crippen LogP contribution >= 0.6 is 15.9 Å². The molecule has 7 heteroatoms. The molecule has 18 heavy (non-hydrogen) atoms. The molecule has 0 amide bonds. The van der Waals surface area contributed by atoms with Crippen LogP contribution in [-0.2, 0) is 0 Å². The van der Waals surface area contributed by atoms with E-state index in [1.165, 1.54) is 18.2 Å². The maximum absolute atomic E-state index is 12.9. The minimum Gasteiger partial charge on any atom is -0.438 e. The molecule has 0 saturated carbocycles. The minimum atomic E-state index is -0.350. The summed E-state index contributed by atoms with van der Waals surface area (Å²) in [7, 11) is 0. The number of nitrogen functional groups attached to an aromatic ring is 1. The van der Waals surface area contributed by atoms with Gasteiger partial charge in [-0.25, -0.2) is 15.2 Å². The molecule has 1 heterocycles. The summed E-state index contributed by atoms with van der Waals surface area (Å²) in [6.45, 7) is 1.72. The molecular formula is C11H10BrFN4O. The van der Waals surface area contributed by atoms with E-state index in [1.54, 1.807) is 13.0 Å². The number of hydrazine groups is 1. The highest BCUT2D eigenvalue weighted by molar-refractivity contribution is 9.10. The van der Waals surface area contributed by atoms with Crippen LogP contribution in [0.15, 0.2) is 28.7 Å². The highest BCUT2D eigenvalue weighted by Gasteiger charge is 2.07. The van der Waals surface area contributed by atoms with Crippen molar-refractivity contribution in [2.24, 2.45) is 5.84 Å². The second-order valence-electron chi connectivity index (χ2n) is 3.46. The fourth-order valence-corrected chi connectivity index (χ4v) is 1.77. The zero-order valence-electron chi connectivity index (χ0n) is 9.45. The fourth-order valence-electron chi connectivity index (χ4n) is 1.34. The van der Waals surface area contributed by atoms with Crippen LogP contribution in [0.2, 0.25) is 0 Å². The van der Waals surface area contributed by atoms with Crippen molar-refractivity contribution in [3.63, 3.8) is 0 Å². The molecule has 0 saturated heterocycles. The highest BCUT2D eigenvalue weighted by Crippen LogP contribution is 2.29. The third-order valence-electron chi connectivity index (χ3n) is 2.07. The summed E-state index contributed by atoms with van der Waals surface area (Å²) in [5.41, 5.74) is 2.41. The van der Waals surface area contributed by atoms with Gasteiger partial charge in [0.15, 0.2) is 0 Å². The number of hydrogen-bond donors (Lipinski definition) is 2. The standard InChI is InChI=1S/C11H10BrFN4O/c1-6-15-10(17-14)5-11(16-6)18-9-3-2-7(13)4-8(9)12/h2-5H,14H2,1H3,(H,15,16,17). The first-order valence-electron chi connectivity index (χ1n) is 5.03. The molecule has 3 N–H and O–H groups in total. The normalized spacial score (nSPS) is 10.2. The first-order chi connectivity index (χ1) is 8.58. The number of nitrogens with two attached hydrogens (primary N) is 1. The van der Waals surface area contributed by atoms with Gasteiger partial charge in [-0.05, 0) is 41.1 Å². The number of anilines is 1. The Labute approximate surface area is 111 Å². The van der Waals surface area contributed by atoms with Crippen molar-refractivity contribution in [2.75, 3.05) is 5.43 Å². The lowest BCUT2D eigenvalue weighted by atomic mass is 10.3. The molecule has 0 atom stereocenters. The molecule has 2 rings (SSSR count). The number of nitrogens with one attached hydrogen (secondary N) is 1. The van der Waals surface area contributed by atoms with Crippen LogP contribution in [0, 0.1) is 12.7 Å². The zero-order valence-corrected chi connectivity index (χ0v) is 11.0. The minimum absolute atomic E-state index is 0.322. The van der Waals surface area contributed by atoms with E-state index in [1.807, 2.05) is 0 Å². The van der Waals surface area contributed by atoms with E-state index >= 15 is 0 Å². The SMILES string of the molecule is Cc1nc(NN)cc(Oc2ccc(F)cc2Br)n1. The highest BCUT2D eigenvalue weighted by atomic mass is 79.9. The number of nitrogens with zero attached hydrogens (tertiary/aromatic N) is 2. The lowest BCUT2D eigenvalue weighted by molar-refractivity contribution is 0.455. The van der Waals surface area contributed by atoms with E-state index in [2.05, 4.69) is 31.3 Å². The van der Waals surface area contributed by atoms with Crippen molar-refractivity contribution in [2.45, 2.75) is 6.92 Å². The van der Waals surface area contributed by atoms with Gasteiger partial charge in [0.05, 0.1) is 4.47 Å². The zero-order chi connectivity index (χ0) is 13.1. The third kappa shape index (κ3) is 2.93. The Balaban J connectivity index is 2.30. The van der Waals surface area contributed by atoms with Gasteiger partial charge in [-0.3, -0.25) is 0 Å². The molecular weight excluding hydrogens is 303 g/mol. The molecule has 0 spiro atoms. The van der Waals surface area contributed by atoms with Crippen molar-refractivity contribution in [3.8, 4) is 11.6 Å².